The van der Waals surface area contributed by atoms with Crippen LogP contribution in [0.5, 0.6) is 0 Å². The molecule has 3 atom stereocenters. The third kappa shape index (κ3) is 4.34. The summed E-state index contributed by atoms with van der Waals surface area (Å²) >= 11 is 0. The van der Waals surface area contributed by atoms with E-state index in [4.69, 9.17) is 4.74 Å². The first-order valence-electron chi connectivity index (χ1n) is 8.97. The van der Waals surface area contributed by atoms with Gasteiger partial charge >= 0.3 is 0 Å². The first-order valence-corrected chi connectivity index (χ1v) is 8.97. The second kappa shape index (κ2) is 8.09. The summed E-state index contributed by atoms with van der Waals surface area (Å²) in [7, 11) is 0. The number of hydrogen-bond acceptors (Lipinski definition) is 7. The minimum atomic E-state index is 0.181. The maximum Gasteiger partial charge on any atom is 0.134 e. The minimum Gasteiger partial charge on any atom is -0.394 e. The molecule has 134 valence electrons. The van der Waals surface area contributed by atoms with Gasteiger partial charge in [-0.1, -0.05) is 0 Å². The summed E-state index contributed by atoms with van der Waals surface area (Å²) < 4.78 is 5.77. The summed E-state index contributed by atoms with van der Waals surface area (Å²) in [6.45, 7) is 9.16. The average molecular weight is 335 g/mol. The predicted octanol–water partition coefficient (Wildman–Crippen LogP) is 0.959. The summed E-state index contributed by atoms with van der Waals surface area (Å²) in [6.07, 6.45) is 4.32. The molecular formula is C17H29N5O2. The molecule has 0 unspecified atom stereocenters. The zero-order chi connectivity index (χ0) is 16.9. The lowest BCUT2D eigenvalue weighted by Crippen LogP contribution is -2.46. The van der Waals surface area contributed by atoms with Crippen LogP contribution >= 0.6 is 0 Å². The Morgan fingerprint density at radius 3 is 2.83 bits per heavy atom. The molecule has 2 saturated heterocycles. The lowest BCUT2D eigenvalue weighted by atomic mass is 10.2. The Morgan fingerprint density at radius 1 is 1.29 bits per heavy atom. The molecule has 0 aromatic carbocycles. The van der Waals surface area contributed by atoms with E-state index in [9.17, 15) is 5.11 Å². The van der Waals surface area contributed by atoms with Crippen LogP contribution in [0.2, 0.25) is 0 Å². The van der Waals surface area contributed by atoms with Crippen LogP contribution in [0, 0.1) is 0 Å². The van der Waals surface area contributed by atoms with Crippen molar-refractivity contribution in [1.82, 2.24) is 14.9 Å². The van der Waals surface area contributed by atoms with E-state index in [0.717, 1.165) is 57.2 Å². The first kappa shape index (κ1) is 17.4. The molecule has 2 aliphatic rings. The van der Waals surface area contributed by atoms with Crippen molar-refractivity contribution in [1.29, 1.82) is 0 Å². The van der Waals surface area contributed by atoms with Gasteiger partial charge in [0, 0.05) is 38.8 Å². The molecule has 0 spiro atoms. The molecular weight excluding hydrogens is 306 g/mol. The van der Waals surface area contributed by atoms with Gasteiger partial charge in [0.05, 0.1) is 24.9 Å². The second-order valence-electron chi connectivity index (χ2n) is 6.88. The number of morpholine rings is 1. The first-order chi connectivity index (χ1) is 11.7. The molecule has 0 aliphatic carbocycles. The molecule has 0 amide bonds. The Morgan fingerprint density at radius 2 is 2.08 bits per heavy atom. The van der Waals surface area contributed by atoms with Crippen molar-refractivity contribution in [2.45, 2.75) is 44.9 Å². The largest absolute Gasteiger partial charge is 0.394 e. The third-order valence-electron chi connectivity index (χ3n) is 4.76. The van der Waals surface area contributed by atoms with E-state index in [1.54, 1.807) is 6.33 Å². The van der Waals surface area contributed by atoms with Gasteiger partial charge in [-0.3, -0.25) is 4.90 Å². The van der Waals surface area contributed by atoms with Crippen molar-refractivity contribution in [3.8, 4) is 0 Å². The van der Waals surface area contributed by atoms with Crippen LogP contribution in [0.3, 0.4) is 0 Å². The van der Waals surface area contributed by atoms with Crippen molar-refractivity contribution < 1.29 is 9.84 Å². The van der Waals surface area contributed by atoms with E-state index in [2.05, 4.69) is 38.9 Å². The van der Waals surface area contributed by atoms with E-state index in [-0.39, 0.29) is 12.6 Å². The Kier molecular flexibility index (Phi) is 5.86. The molecule has 1 aromatic rings. The zero-order valence-corrected chi connectivity index (χ0v) is 14.7. The number of aliphatic hydroxyl groups is 1. The van der Waals surface area contributed by atoms with Gasteiger partial charge < -0.3 is 20.1 Å². The van der Waals surface area contributed by atoms with Crippen LogP contribution in [0.25, 0.3) is 0 Å². The van der Waals surface area contributed by atoms with Gasteiger partial charge in [-0.2, -0.15) is 0 Å². The number of rotatable bonds is 6. The molecule has 0 bridgehead atoms. The van der Waals surface area contributed by atoms with Gasteiger partial charge in [-0.15, -0.1) is 0 Å². The Hall–Kier alpha value is -1.44. The molecule has 2 fully saturated rings. The number of ether oxygens (including phenoxy) is 1. The molecule has 7 heteroatoms. The monoisotopic (exact) mass is 335 g/mol. The summed E-state index contributed by atoms with van der Waals surface area (Å²) in [6, 6.07) is 2.17. The topological polar surface area (TPSA) is 73.8 Å². The highest BCUT2D eigenvalue weighted by atomic mass is 16.5. The van der Waals surface area contributed by atoms with E-state index in [0.29, 0.717) is 12.2 Å². The molecule has 24 heavy (non-hydrogen) atoms. The van der Waals surface area contributed by atoms with Crippen molar-refractivity contribution >= 4 is 11.6 Å². The highest BCUT2D eigenvalue weighted by Gasteiger charge is 2.25. The number of nitrogens with one attached hydrogen (secondary N) is 1. The number of aliphatic hydroxyl groups excluding tert-OH is 1. The lowest BCUT2D eigenvalue weighted by molar-refractivity contribution is -0.0667. The van der Waals surface area contributed by atoms with Crippen molar-refractivity contribution in [3.63, 3.8) is 0 Å². The SMILES string of the molecule is C[C@@H]1CN(CCNc2cc(N3CCC[C@@H]3CO)ncn2)C[C@@H](C)O1. The van der Waals surface area contributed by atoms with Gasteiger partial charge in [0.2, 0.25) is 0 Å². The van der Waals surface area contributed by atoms with Crippen LogP contribution in [-0.4, -0.2) is 77.6 Å². The highest BCUT2D eigenvalue weighted by molar-refractivity contribution is 5.49. The molecule has 2 N–H and O–H groups in total. The van der Waals surface area contributed by atoms with Gasteiger partial charge in [0.1, 0.15) is 18.0 Å². The number of anilines is 2. The minimum absolute atomic E-state index is 0.181. The highest BCUT2D eigenvalue weighted by Crippen LogP contribution is 2.24. The number of hydrogen-bond donors (Lipinski definition) is 2. The number of aromatic nitrogens is 2. The van der Waals surface area contributed by atoms with Gasteiger partial charge in [0.25, 0.3) is 0 Å². The van der Waals surface area contributed by atoms with Crippen LogP contribution in [0.15, 0.2) is 12.4 Å². The smallest absolute Gasteiger partial charge is 0.134 e. The molecule has 3 rings (SSSR count). The fourth-order valence-electron chi connectivity index (χ4n) is 3.74. The summed E-state index contributed by atoms with van der Waals surface area (Å²) in [5.41, 5.74) is 0. The quantitative estimate of drug-likeness (QED) is 0.802. The van der Waals surface area contributed by atoms with E-state index < -0.39 is 0 Å². The van der Waals surface area contributed by atoms with Crippen LogP contribution in [0.1, 0.15) is 26.7 Å². The fourth-order valence-corrected chi connectivity index (χ4v) is 3.74. The summed E-state index contributed by atoms with van der Waals surface area (Å²) in [5, 5.41) is 12.9. The molecule has 1 aromatic heterocycles. The van der Waals surface area contributed by atoms with Crippen LogP contribution < -0.4 is 10.2 Å². The van der Waals surface area contributed by atoms with Gasteiger partial charge in [-0.05, 0) is 26.7 Å². The van der Waals surface area contributed by atoms with E-state index >= 15 is 0 Å². The van der Waals surface area contributed by atoms with Crippen molar-refractivity contribution in [2.75, 3.05) is 49.5 Å². The molecule has 0 saturated carbocycles. The number of nitrogens with zero attached hydrogens (tertiary/aromatic N) is 4. The maximum absolute atomic E-state index is 9.48. The predicted molar refractivity (Wildman–Crippen MR) is 94.4 cm³/mol. The van der Waals surface area contributed by atoms with E-state index in [1.807, 2.05) is 6.07 Å². The second-order valence-corrected chi connectivity index (χ2v) is 6.88. The Labute approximate surface area is 144 Å². The van der Waals surface area contributed by atoms with Crippen LogP contribution in [-0.2, 0) is 4.74 Å². The molecule has 7 nitrogen and oxygen atoms in total. The van der Waals surface area contributed by atoms with Gasteiger partial charge in [-0.25, -0.2) is 9.97 Å². The molecule has 3 heterocycles. The molecule has 2 aliphatic heterocycles. The molecule has 0 radical (unpaired) electrons. The standard InChI is InChI=1S/C17H29N5O2/c1-13-9-21(10-14(2)24-13)7-5-18-16-8-17(20-12-19-16)22-6-3-4-15(22)11-23/h8,12-15,23H,3-7,9-11H2,1-2H3,(H,18,19,20)/t13-,14-,15-/m1/s1. The average Bonchev–Trinajstić information content (AvgIpc) is 3.03. The Balaban J connectivity index is 1.51. The third-order valence-corrected chi connectivity index (χ3v) is 4.76. The normalized spacial score (nSPS) is 28.3. The van der Waals surface area contributed by atoms with Crippen LogP contribution in [0.4, 0.5) is 11.6 Å². The fraction of sp³-hybridized carbons (Fsp3) is 0.765. The van der Waals surface area contributed by atoms with Crippen molar-refractivity contribution in [3.05, 3.63) is 12.4 Å². The lowest BCUT2D eigenvalue weighted by Gasteiger charge is -2.35. The van der Waals surface area contributed by atoms with Gasteiger partial charge in [0.15, 0.2) is 0 Å². The van der Waals surface area contributed by atoms with Crippen molar-refractivity contribution in [2.24, 2.45) is 0 Å². The summed E-state index contributed by atoms with van der Waals surface area (Å²) in [5.74, 6) is 1.75. The summed E-state index contributed by atoms with van der Waals surface area (Å²) in [4.78, 5) is 13.3. The van der Waals surface area contributed by atoms with E-state index in [1.165, 1.54) is 0 Å². The Bertz CT molecular complexity index is 519. The zero-order valence-electron chi connectivity index (χ0n) is 14.7. The maximum atomic E-state index is 9.48.